The minimum absolute atomic E-state index is 0.109. The van der Waals surface area contributed by atoms with Crippen LogP contribution >= 0.6 is 11.6 Å². The molecule has 0 unspecified atom stereocenters. The molecule has 0 aliphatic carbocycles. The average molecular weight is 359 g/mol. The SMILES string of the molecule is CCOc1ccc(N[C@H]2CC(=O)N(c3cccc(Cl)c3C)C2=O)cc1. The Kier molecular flexibility index (Phi) is 4.95. The Hall–Kier alpha value is -2.53. The van der Waals surface area contributed by atoms with Crippen molar-refractivity contribution >= 4 is 34.8 Å². The third-order valence-electron chi connectivity index (χ3n) is 4.13. The van der Waals surface area contributed by atoms with Crippen molar-refractivity contribution in [2.24, 2.45) is 0 Å². The van der Waals surface area contributed by atoms with Gasteiger partial charge in [-0.15, -0.1) is 0 Å². The summed E-state index contributed by atoms with van der Waals surface area (Å²) in [6.07, 6.45) is 0.109. The average Bonchev–Trinajstić information content (AvgIpc) is 2.86. The van der Waals surface area contributed by atoms with E-state index in [1.807, 2.05) is 31.2 Å². The van der Waals surface area contributed by atoms with Crippen molar-refractivity contribution in [1.29, 1.82) is 0 Å². The summed E-state index contributed by atoms with van der Waals surface area (Å²) in [6.45, 7) is 4.31. The van der Waals surface area contributed by atoms with E-state index in [9.17, 15) is 9.59 Å². The Bertz CT molecular complexity index is 805. The van der Waals surface area contributed by atoms with Crippen molar-refractivity contribution in [3.05, 3.63) is 53.1 Å². The zero-order valence-electron chi connectivity index (χ0n) is 14.1. The highest BCUT2D eigenvalue weighted by Gasteiger charge is 2.40. The normalized spacial score (nSPS) is 17.1. The van der Waals surface area contributed by atoms with Crippen LogP contribution in [-0.4, -0.2) is 24.5 Å². The molecule has 1 N–H and O–H groups in total. The number of anilines is 2. The molecule has 2 aromatic rings. The molecular formula is C19H19ClN2O3. The molecular weight excluding hydrogens is 340 g/mol. The fourth-order valence-corrected chi connectivity index (χ4v) is 3.02. The summed E-state index contributed by atoms with van der Waals surface area (Å²) in [6, 6.07) is 11.9. The molecule has 3 rings (SSSR count). The molecule has 1 aliphatic rings. The monoisotopic (exact) mass is 358 g/mol. The van der Waals surface area contributed by atoms with Crippen molar-refractivity contribution in [2.75, 3.05) is 16.8 Å². The Balaban J connectivity index is 1.78. The standard InChI is InChI=1S/C19H19ClN2O3/c1-3-25-14-9-7-13(8-10-14)21-16-11-18(23)22(19(16)24)17-6-4-5-15(20)12(17)2/h4-10,16,21H,3,11H2,1-2H3/t16-/m0/s1. The highest BCUT2D eigenvalue weighted by Crippen LogP contribution is 2.31. The van der Waals surface area contributed by atoms with Gasteiger partial charge >= 0.3 is 0 Å². The Labute approximate surface area is 151 Å². The van der Waals surface area contributed by atoms with Crippen LogP contribution < -0.4 is 15.0 Å². The van der Waals surface area contributed by atoms with Crippen LogP contribution in [0.2, 0.25) is 5.02 Å². The van der Waals surface area contributed by atoms with Crippen LogP contribution in [0.15, 0.2) is 42.5 Å². The first kappa shape index (κ1) is 17.3. The summed E-state index contributed by atoms with van der Waals surface area (Å²) in [5.74, 6) is 0.251. The molecule has 0 radical (unpaired) electrons. The van der Waals surface area contributed by atoms with Crippen molar-refractivity contribution in [1.82, 2.24) is 0 Å². The number of amides is 2. The van der Waals surface area contributed by atoms with Gasteiger partial charge in [0, 0.05) is 10.7 Å². The molecule has 1 atom stereocenters. The first-order chi connectivity index (χ1) is 12.0. The third kappa shape index (κ3) is 3.46. The summed E-state index contributed by atoms with van der Waals surface area (Å²) in [7, 11) is 0. The molecule has 25 heavy (non-hydrogen) atoms. The summed E-state index contributed by atoms with van der Waals surface area (Å²) in [5.41, 5.74) is 2.02. The second-order valence-corrected chi connectivity index (χ2v) is 6.22. The predicted octanol–water partition coefficient (Wildman–Crippen LogP) is 3.79. The molecule has 5 nitrogen and oxygen atoms in total. The zero-order valence-corrected chi connectivity index (χ0v) is 14.8. The van der Waals surface area contributed by atoms with E-state index in [-0.39, 0.29) is 18.2 Å². The Morgan fingerprint density at radius 2 is 1.92 bits per heavy atom. The van der Waals surface area contributed by atoms with Gasteiger partial charge in [-0.1, -0.05) is 17.7 Å². The van der Waals surface area contributed by atoms with Gasteiger partial charge in [0.2, 0.25) is 5.91 Å². The van der Waals surface area contributed by atoms with Crippen LogP contribution in [0.25, 0.3) is 0 Å². The lowest BCUT2D eigenvalue weighted by molar-refractivity contribution is -0.121. The topological polar surface area (TPSA) is 58.6 Å². The summed E-state index contributed by atoms with van der Waals surface area (Å²) >= 11 is 6.12. The highest BCUT2D eigenvalue weighted by atomic mass is 35.5. The van der Waals surface area contributed by atoms with Crippen LogP contribution in [0, 0.1) is 6.92 Å². The number of nitrogens with zero attached hydrogens (tertiary/aromatic N) is 1. The fourth-order valence-electron chi connectivity index (χ4n) is 2.85. The van der Waals surface area contributed by atoms with E-state index in [1.54, 1.807) is 25.1 Å². The van der Waals surface area contributed by atoms with Gasteiger partial charge in [0.05, 0.1) is 18.7 Å². The number of hydrogen-bond donors (Lipinski definition) is 1. The van der Waals surface area contributed by atoms with Crippen molar-refractivity contribution < 1.29 is 14.3 Å². The molecule has 1 fully saturated rings. The molecule has 0 aromatic heterocycles. The lowest BCUT2D eigenvalue weighted by Crippen LogP contribution is -2.35. The minimum Gasteiger partial charge on any atom is -0.494 e. The molecule has 2 aromatic carbocycles. The van der Waals surface area contributed by atoms with E-state index in [0.29, 0.717) is 22.9 Å². The van der Waals surface area contributed by atoms with Gasteiger partial charge in [-0.05, 0) is 55.8 Å². The van der Waals surface area contributed by atoms with Gasteiger partial charge in [-0.3, -0.25) is 9.59 Å². The lowest BCUT2D eigenvalue weighted by atomic mass is 10.2. The number of benzene rings is 2. The van der Waals surface area contributed by atoms with E-state index in [2.05, 4.69) is 5.32 Å². The van der Waals surface area contributed by atoms with Crippen LogP contribution in [0.4, 0.5) is 11.4 Å². The van der Waals surface area contributed by atoms with E-state index < -0.39 is 6.04 Å². The third-order valence-corrected chi connectivity index (χ3v) is 4.54. The van der Waals surface area contributed by atoms with Gasteiger partial charge in [-0.25, -0.2) is 4.90 Å². The second-order valence-electron chi connectivity index (χ2n) is 5.81. The second kappa shape index (κ2) is 7.15. The van der Waals surface area contributed by atoms with Gasteiger partial charge in [0.15, 0.2) is 0 Å². The number of nitrogens with one attached hydrogen (secondary N) is 1. The van der Waals surface area contributed by atoms with Crippen LogP contribution in [0.3, 0.4) is 0 Å². The van der Waals surface area contributed by atoms with Crippen LogP contribution in [0.1, 0.15) is 18.9 Å². The Morgan fingerprint density at radius 3 is 2.60 bits per heavy atom. The van der Waals surface area contributed by atoms with Crippen molar-refractivity contribution in [3.63, 3.8) is 0 Å². The number of carbonyl (C=O) groups is 2. The molecule has 0 spiro atoms. The summed E-state index contributed by atoms with van der Waals surface area (Å²) in [5, 5.41) is 3.65. The van der Waals surface area contributed by atoms with Crippen LogP contribution in [-0.2, 0) is 9.59 Å². The molecule has 6 heteroatoms. The van der Waals surface area contributed by atoms with E-state index in [0.717, 1.165) is 11.4 Å². The first-order valence-electron chi connectivity index (χ1n) is 8.12. The van der Waals surface area contributed by atoms with E-state index >= 15 is 0 Å². The summed E-state index contributed by atoms with van der Waals surface area (Å²) in [4.78, 5) is 26.3. The molecule has 1 saturated heterocycles. The van der Waals surface area contributed by atoms with Gasteiger partial charge in [-0.2, -0.15) is 0 Å². The number of ether oxygens (including phenoxy) is 1. The maximum atomic E-state index is 12.7. The molecule has 2 amide bonds. The number of imide groups is 1. The van der Waals surface area contributed by atoms with Crippen LogP contribution in [0.5, 0.6) is 5.75 Å². The number of rotatable bonds is 5. The molecule has 0 saturated carbocycles. The maximum Gasteiger partial charge on any atom is 0.256 e. The molecule has 1 heterocycles. The van der Waals surface area contributed by atoms with Gasteiger partial charge in [0.25, 0.3) is 5.91 Å². The fraction of sp³-hybridized carbons (Fsp3) is 0.263. The van der Waals surface area contributed by atoms with Gasteiger partial charge in [0.1, 0.15) is 11.8 Å². The van der Waals surface area contributed by atoms with E-state index in [4.69, 9.17) is 16.3 Å². The van der Waals surface area contributed by atoms with E-state index in [1.165, 1.54) is 4.90 Å². The predicted molar refractivity (Wildman–Crippen MR) is 98.3 cm³/mol. The molecule has 0 bridgehead atoms. The molecule has 1 aliphatic heterocycles. The first-order valence-corrected chi connectivity index (χ1v) is 8.50. The zero-order chi connectivity index (χ0) is 18.0. The number of hydrogen-bond acceptors (Lipinski definition) is 4. The minimum atomic E-state index is -0.594. The number of halogens is 1. The van der Waals surface area contributed by atoms with Crippen molar-refractivity contribution in [3.8, 4) is 5.75 Å². The van der Waals surface area contributed by atoms with Crippen molar-refractivity contribution in [2.45, 2.75) is 26.3 Å². The smallest absolute Gasteiger partial charge is 0.256 e. The highest BCUT2D eigenvalue weighted by molar-refractivity contribution is 6.32. The lowest BCUT2D eigenvalue weighted by Gasteiger charge is -2.18. The molecule has 130 valence electrons. The summed E-state index contributed by atoms with van der Waals surface area (Å²) < 4.78 is 5.40. The maximum absolute atomic E-state index is 12.7. The Morgan fingerprint density at radius 1 is 1.20 bits per heavy atom. The quantitative estimate of drug-likeness (QED) is 0.826. The number of carbonyl (C=O) groups excluding carboxylic acids is 2. The van der Waals surface area contributed by atoms with Gasteiger partial charge < -0.3 is 10.1 Å². The largest absolute Gasteiger partial charge is 0.494 e.